The molecule has 2 aliphatic carbocycles. The van der Waals surface area contributed by atoms with Gasteiger partial charge in [0.1, 0.15) is 0 Å². The highest BCUT2D eigenvalue weighted by Gasteiger charge is 2.33. The predicted molar refractivity (Wildman–Crippen MR) is 82.8 cm³/mol. The number of benzene rings is 2. The smallest absolute Gasteiger partial charge is 0.0348 e. The summed E-state index contributed by atoms with van der Waals surface area (Å²) in [4.78, 5) is 0. The molecule has 1 N–H and O–H groups in total. The lowest BCUT2D eigenvalue weighted by Crippen LogP contribution is -2.32. The lowest BCUT2D eigenvalue weighted by Gasteiger charge is -2.32. The Kier molecular flexibility index (Phi) is 3.08. The molecule has 0 spiro atoms. The van der Waals surface area contributed by atoms with E-state index in [4.69, 9.17) is 0 Å². The molecule has 0 saturated heterocycles. The van der Waals surface area contributed by atoms with Gasteiger partial charge in [-0.2, -0.15) is 0 Å². The summed E-state index contributed by atoms with van der Waals surface area (Å²) < 4.78 is 0. The molecule has 0 amide bonds. The molecule has 1 heteroatoms. The summed E-state index contributed by atoms with van der Waals surface area (Å²) in [5.74, 6) is 1.57. The third-order valence-corrected chi connectivity index (χ3v) is 4.80. The van der Waals surface area contributed by atoms with E-state index in [1.807, 2.05) is 0 Å². The minimum atomic E-state index is 0.559. The van der Waals surface area contributed by atoms with E-state index in [1.54, 1.807) is 11.1 Å². The lowest BCUT2D eigenvalue weighted by molar-refractivity contribution is 0.437. The van der Waals surface area contributed by atoms with Crippen LogP contribution in [-0.4, -0.2) is 6.54 Å². The highest BCUT2D eigenvalue weighted by atomic mass is 14.9. The predicted octanol–water partition coefficient (Wildman–Crippen LogP) is 4.07. The molecule has 2 aromatic rings. The van der Waals surface area contributed by atoms with Crippen LogP contribution in [0.15, 0.2) is 54.6 Å². The van der Waals surface area contributed by atoms with Crippen LogP contribution < -0.4 is 5.32 Å². The minimum Gasteiger partial charge on any atom is -0.309 e. The van der Waals surface area contributed by atoms with Gasteiger partial charge in [0.05, 0.1) is 0 Å². The Morgan fingerprint density at radius 1 is 0.950 bits per heavy atom. The fourth-order valence-corrected chi connectivity index (χ4v) is 3.46. The molecule has 0 aromatic heterocycles. The molecule has 4 rings (SSSR count). The van der Waals surface area contributed by atoms with Gasteiger partial charge in [-0.25, -0.2) is 0 Å². The minimum absolute atomic E-state index is 0.559. The molecule has 0 heterocycles. The number of hydrogen-bond acceptors (Lipinski definition) is 1. The fraction of sp³-hybridized carbons (Fsp3) is 0.368. The van der Waals surface area contributed by atoms with E-state index in [1.165, 1.54) is 24.8 Å². The summed E-state index contributed by atoms with van der Waals surface area (Å²) >= 11 is 0. The number of hydrogen-bond donors (Lipinski definition) is 1. The molecule has 0 bridgehead atoms. The maximum atomic E-state index is 3.84. The van der Waals surface area contributed by atoms with Gasteiger partial charge < -0.3 is 5.32 Å². The first kappa shape index (κ1) is 12.2. The van der Waals surface area contributed by atoms with E-state index < -0.39 is 0 Å². The maximum Gasteiger partial charge on any atom is 0.0348 e. The summed E-state index contributed by atoms with van der Waals surface area (Å²) in [5.41, 5.74) is 4.56. The van der Waals surface area contributed by atoms with Crippen LogP contribution in [0.3, 0.4) is 0 Å². The van der Waals surface area contributed by atoms with Crippen LogP contribution in [0.2, 0.25) is 0 Å². The third kappa shape index (κ3) is 2.27. The quantitative estimate of drug-likeness (QED) is 0.857. The van der Waals surface area contributed by atoms with Crippen molar-refractivity contribution in [3.05, 3.63) is 71.3 Å². The van der Waals surface area contributed by atoms with Gasteiger partial charge in [-0.15, -0.1) is 0 Å². The van der Waals surface area contributed by atoms with Crippen LogP contribution in [0.5, 0.6) is 0 Å². The molecule has 102 valence electrons. The number of rotatable bonds is 5. The normalized spacial score (nSPS) is 21.9. The van der Waals surface area contributed by atoms with E-state index in [9.17, 15) is 0 Å². The Bertz CT molecular complexity index is 586. The average Bonchev–Trinajstić information content (AvgIpc) is 3.29. The van der Waals surface area contributed by atoms with Crippen LogP contribution in [-0.2, 0) is 6.42 Å². The van der Waals surface area contributed by atoms with Crippen molar-refractivity contribution >= 4 is 0 Å². The largest absolute Gasteiger partial charge is 0.309 e. The van der Waals surface area contributed by atoms with Crippen LogP contribution >= 0.6 is 0 Å². The van der Waals surface area contributed by atoms with Gasteiger partial charge in [-0.05, 0) is 41.9 Å². The summed E-state index contributed by atoms with van der Waals surface area (Å²) in [6, 6.07) is 20.4. The van der Waals surface area contributed by atoms with Crippen molar-refractivity contribution in [3.8, 4) is 0 Å². The van der Waals surface area contributed by atoms with Gasteiger partial charge in [-0.3, -0.25) is 0 Å². The van der Waals surface area contributed by atoms with Gasteiger partial charge in [0, 0.05) is 18.5 Å². The highest BCUT2D eigenvalue weighted by molar-refractivity contribution is 5.40. The van der Waals surface area contributed by atoms with Crippen molar-refractivity contribution in [1.29, 1.82) is 0 Å². The molecule has 1 nitrogen and oxygen atoms in total. The van der Waals surface area contributed by atoms with Crippen LogP contribution in [0.4, 0.5) is 0 Å². The van der Waals surface area contributed by atoms with Crippen molar-refractivity contribution in [2.75, 3.05) is 6.54 Å². The van der Waals surface area contributed by atoms with Crippen molar-refractivity contribution < 1.29 is 0 Å². The van der Waals surface area contributed by atoms with E-state index >= 15 is 0 Å². The third-order valence-electron chi connectivity index (χ3n) is 4.80. The lowest BCUT2D eigenvalue weighted by atomic mass is 9.77. The van der Waals surface area contributed by atoms with Crippen molar-refractivity contribution in [2.24, 2.45) is 5.92 Å². The molecular weight excluding hydrogens is 242 g/mol. The Hall–Kier alpha value is -1.60. The Morgan fingerprint density at radius 2 is 1.70 bits per heavy atom. The summed E-state index contributed by atoms with van der Waals surface area (Å²) in [7, 11) is 0. The summed E-state index contributed by atoms with van der Waals surface area (Å²) in [6.45, 7) is 1.12. The average molecular weight is 263 g/mol. The molecular formula is C19H21N. The zero-order valence-corrected chi connectivity index (χ0v) is 11.8. The molecule has 1 fully saturated rings. The second kappa shape index (κ2) is 5.06. The zero-order chi connectivity index (χ0) is 13.4. The SMILES string of the molecule is c1ccc(C(NCC2Cc3ccccc32)C2CC2)cc1. The van der Waals surface area contributed by atoms with Gasteiger partial charge in [0.2, 0.25) is 0 Å². The topological polar surface area (TPSA) is 12.0 Å². The van der Waals surface area contributed by atoms with Gasteiger partial charge in [0.15, 0.2) is 0 Å². The van der Waals surface area contributed by atoms with Crippen LogP contribution in [0.1, 0.15) is 41.5 Å². The van der Waals surface area contributed by atoms with Gasteiger partial charge in [0.25, 0.3) is 0 Å². The molecule has 0 aliphatic heterocycles. The van der Waals surface area contributed by atoms with Crippen molar-refractivity contribution in [3.63, 3.8) is 0 Å². The molecule has 2 atom stereocenters. The summed E-state index contributed by atoms with van der Waals surface area (Å²) in [6.07, 6.45) is 4.01. The monoisotopic (exact) mass is 263 g/mol. The maximum absolute atomic E-state index is 3.84. The van der Waals surface area contributed by atoms with E-state index in [2.05, 4.69) is 59.9 Å². The van der Waals surface area contributed by atoms with Crippen molar-refractivity contribution in [2.45, 2.75) is 31.2 Å². The van der Waals surface area contributed by atoms with E-state index in [-0.39, 0.29) is 0 Å². The fourth-order valence-electron chi connectivity index (χ4n) is 3.46. The molecule has 0 radical (unpaired) electrons. The first-order chi connectivity index (χ1) is 9.92. The highest BCUT2D eigenvalue weighted by Crippen LogP contribution is 2.42. The van der Waals surface area contributed by atoms with E-state index in [0.717, 1.165) is 18.4 Å². The number of nitrogens with one attached hydrogen (secondary N) is 1. The summed E-state index contributed by atoms with van der Waals surface area (Å²) in [5, 5.41) is 3.84. The van der Waals surface area contributed by atoms with Crippen molar-refractivity contribution in [1.82, 2.24) is 5.32 Å². The second-order valence-electron chi connectivity index (χ2n) is 6.23. The Balaban J connectivity index is 1.43. The second-order valence-corrected chi connectivity index (χ2v) is 6.23. The van der Waals surface area contributed by atoms with Gasteiger partial charge >= 0.3 is 0 Å². The standard InChI is InChI=1S/C19H21N/c1-2-6-14(7-3-1)19(15-10-11-15)20-13-17-12-16-8-4-5-9-18(16)17/h1-9,15,17,19-20H,10-13H2. The molecule has 2 aliphatic rings. The molecule has 2 unspecified atom stereocenters. The van der Waals surface area contributed by atoms with Gasteiger partial charge in [-0.1, -0.05) is 54.6 Å². The first-order valence-corrected chi connectivity index (χ1v) is 7.78. The first-order valence-electron chi connectivity index (χ1n) is 7.78. The Morgan fingerprint density at radius 3 is 2.45 bits per heavy atom. The Labute approximate surface area is 121 Å². The molecule has 20 heavy (non-hydrogen) atoms. The molecule has 1 saturated carbocycles. The number of fused-ring (bicyclic) bond motifs is 1. The van der Waals surface area contributed by atoms with Crippen LogP contribution in [0, 0.1) is 5.92 Å². The van der Waals surface area contributed by atoms with E-state index in [0.29, 0.717) is 6.04 Å². The van der Waals surface area contributed by atoms with Crippen LogP contribution in [0.25, 0.3) is 0 Å². The zero-order valence-electron chi connectivity index (χ0n) is 11.8. The molecule has 2 aromatic carbocycles.